The normalized spacial score (nSPS) is 56.0. The van der Waals surface area contributed by atoms with Gasteiger partial charge in [0.2, 0.25) is 0 Å². The average molecular weight is 977 g/mol. The standard InChI is InChI=1S/C49H84O19/c1-22(2)49(21-62-41-38(60)35(57)32(54)25(18-50)63-41)16-15-48(8,68-49)31-23-9-10-29-45(5)13-12-30(44(3,4)28(45)11-14-46(29,6)47(23,7)17-24(31)53)66-43-40(37(59)34(56)27(20-52)65-43)67-42-39(61)36(58)33(55)26(19-51)64-42/h22-43,50-61H,9-21H2,1-8H3/t23-,24-,25-,26-,27-,28+,29-,30+,31-,32-,33-,34-,35+,36+,37+,38-,39-,40-,41-,42+,43+,45+,46-,47-,48+,49-/m1/s1. The highest BCUT2D eigenvalue weighted by Gasteiger charge is 2.72. The number of hydrogen-bond donors (Lipinski definition) is 12. The molecular weight excluding hydrogens is 893 g/mol. The van der Waals surface area contributed by atoms with Gasteiger partial charge in [-0.15, -0.1) is 0 Å². The van der Waals surface area contributed by atoms with Crippen LogP contribution in [0.25, 0.3) is 0 Å². The van der Waals surface area contributed by atoms with Gasteiger partial charge in [0.15, 0.2) is 18.9 Å². The highest BCUT2D eigenvalue weighted by Crippen LogP contribution is 2.76. The van der Waals surface area contributed by atoms with Crippen molar-refractivity contribution in [2.24, 2.45) is 51.2 Å². The molecule has 0 aromatic carbocycles. The van der Waals surface area contributed by atoms with Crippen molar-refractivity contribution < 1.29 is 94.4 Å². The van der Waals surface area contributed by atoms with Crippen molar-refractivity contribution in [1.82, 2.24) is 0 Å². The van der Waals surface area contributed by atoms with Gasteiger partial charge in [-0.05, 0) is 110 Å². The SMILES string of the molecule is CC(C)[C@]1(CO[C@@H]2O[C@H](CO)[C@@H](O)[C@H](O)[C@H]2O)CC[C@@](C)([C@H]2[C@H](O)C[C@]3(C)[C@@H]2CC[C@@H]2[C@@]4(C)CC[C@H](O[C@@H]5O[C@H](CO)[C@@H](O)[C@H](O)[C@H]5O[C@@H]5O[C@H](CO)[C@@H](O)[C@H](O)[C@H]5O)C(C)(C)[C@@H]4CC[C@]23C)O1. The van der Waals surface area contributed by atoms with Crippen molar-refractivity contribution in [2.75, 3.05) is 26.4 Å². The molecule has 8 rings (SSSR count). The van der Waals surface area contributed by atoms with E-state index in [0.29, 0.717) is 31.6 Å². The molecule has 0 radical (unpaired) electrons. The molecule has 0 amide bonds. The van der Waals surface area contributed by atoms with Crippen molar-refractivity contribution in [2.45, 2.75) is 229 Å². The van der Waals surface area contributed by atoms with Gasteiger partial charge in [-0.25, -0.2) is 0 Å². The molecule has 19 nitrogen and oxygen atoms in total. The van der Waals surface area contributed by atoms with E-state index in [4.69, 9.17) is 33.2 Å². The average Bonchev–Trinajstić information content (AvgIpc) is 3.79. The van der Waals surface area contributed by atoms with E-state index in [2.05, 4.69) is 55.4 Å². The molecule has 4 saturated heterocycles. The third-order valence-electron chi connectivity index (χ3n) is 20.2. The summed E-state index contributed by atoms with van der Waals surface area (Å²) in [6.45, 7) is 16.0. The maximum atomic E-state index is 12.4. The van der Waals surface area contributed by atoms with Crippen LogP contribution in [0.3, 0.4) is 0 Å². The highest BCUT2D eigenvalue weighted by molar-refractivity contribution is 5.21. The molecule has 12 N–H and O–H groups in total. The van der Waals surface area contributed by atoms with Gasteiger partial charge in [0.25, 0.3) is 0 Å². The quantitative estimate of drug-likeness (QED) is 0.109. The van der Waals surface area contributed by atoms with Gasteiger partial charge in [0.05, 0.1) is 49.8 Å². The molecule has 4 heterocycles. The first-order chi connectivity index (χ1) is 31.8. The molecular formula is C49H84O19. The Morgan fingerprint density at radius 3 is 1.69 bits per heavy atom. The van der Waals surface area contributed by atoms with Gasteiger partial charge in [0.1, 0.15) is 73.2 Å². The van der Waals surface area contributed by atoms with E-state index in [-0.39, 0.29) is 46.5 Å². The number of aliphatic hydroxyl groups excluding tert-OH is 12. The monoisotopic (exact) mass is 977 g/mol. The Morgan fingerprint density at radius 1 is 0.544 bits per heavy atom. The molecule has 0 bridgehead atoms. The second-order valence-corrected chi connectivity index (χ2v) is 24.1. The molecule has 0 unspecified atom stereocenters. The minimum atomic E-state index is -1.78. The molecule has 0 aromatic heterocycles. The molecule has 68 heavy (non-hydrogen) atoms. The second kappa shape index (κ2) is 19.2. The number of aliphatic hydroxyl groups is 12. The van der Waals surface area contributed by atoms with Crippen LogP contribution < -0.4 is 0 Å². The molecule has 0 aromatic rings. The molecule has 4 aliphatic heterocycles. The number of rotatable bonds is 12. The number of hydrogen-bond acceptors (Lipinski definition) is 19. The third-order valence-corrected chi connectivity index (χ3v) is 20.2. The van der Waals surface area contributed by atoms with E-state index in [9.17, 15) is 61.3 Å². The van der Waals surface area contributed by atoms with E-state index >= 15 is 0 Å². The summed E-state index contributed by atoms with van der Waals surface area (Å²) in [6, 6.07) is 0. The fourth-order valence-electron chi connectivity index (χ4n) is 16.0. The van der Waals surface area contributed by atoms with E-state index in [1.807, 2.05) is 0 Å². The molecule has 26 atom stereocenters. The smallest absolute Gasteiger partial charge is 0.187 e. The topological polar surface area (TPSA) is 307 Å². The maximum Gasteiger partial charge on any atom is 0.187 e. The number of fused-ring (bicyclic) bond motifs is 5. The fraction of sp³-hybridized carbons (Fsp3) is 1.00. The van der Waals surface area contributed by atoms with Gasteiger partial charge in [0, 0.05) is 5.92 Å². The van der Waals surface area contributed by atoms with Gasteiger partial charge in [-0.2, -0.15) is 0 Å². The van der Waals surface area contributed by atoms with Crippen LogP contribution in [-0.2, 0) is 33.2 Å². The Morgan fingerprint density at radius 2 is 1.10 bits per heavy atom. The molecule has 19 heteroatoms. The predicted molar refractivity (Wildman–Crippen MR) is 238 cm³/mol. The largest absolute Gasteiger partial charge is 0.394 e. The third kappa shape index (κ3) is 8.38. The zero-order chi connectivity index (χ0) is 49.8. The lowest BCUT2D eigenvalue weighted by Crippen LogP contribution is -2.66. The van der Waals surface area contributed by atoms with Crippen molar-refractivity contribution >= 4 is 0 Å². The van der Waals surface area contributed by atoms with Crippen molar-refractivity contribution in [3.63, 3.8) is 0 Å². The lowest BCUT2D eigenvalue weighted by atomic mass is 9.35. The highest BCUT2D eigenvalue weighted by atomic mass is 16.8. The minimum absolute atomic E-state index is 0.0246. The fourth-order valence-corrected chi connectivity index (χ4v) is 16.0. The molecule has 4 saturated carbocycles. The summed E-state index contributed by atoms with van der Waals surface area (Å²) in [6.07, 6.45) is -16.3. The Hall–Kier alpha value is -0.760. The lowest BCUT2D eigenvalue weighted by molar-refractivity contribution is -0.378. The van der Waals surface area contributed by atoms with Gasteiger partial charge in [-0.3, -0.25) is 0 Å². The second-order valence-electron chi connectivity index (χ2n) is 24.1. The molecule has 394 valence electrons. The van der Waals surface area contributed by atoms with Crippen LogP contribution in [0.1, 0.15) is 113 Å². The molecule has 4 aliphatic carbocycles. The lowest BCUT2D eigenvalue weighted by Gasteiger charge is -2.70. The van der Waals surface area contributed by atoms with Gasteiger partial charge >= 0.3 is 0 Å². The van der Waals surface area contributed by atoms with Crippen molar-refractivity contribution in [3.8, 4) is 0 Å². The Balaban J connectivity index is 0.983. The van der Waals surface area contributed by atoms with Crippen LogP contribution in [0.15, 0.2) is 0 Å². The summed E-state index contributed by atoms with van der Waals surface area (Å²) in [4.78, 5) is 0. The Bertz CT molecular complexity index is 1740. The van der Waals surface area contributed by atoms with E-state index in [0.717, 1.165) is 32.1 Å². The Labute approximate surface area is 400 Å². The molecule has 8 fully saturated rings. The first-order valence-corrected chi connectivity index (χ1v) is 25.3. The van der Waals surface area contributed by atoms with Crippen LogP contribution in [0.2, 0.25) is 0 Å². The zero-order valence-corrected chi connectivity index (χ0v) is 41.1. The summed E-state index contributed by atoms with van der Waals surface area (Å²) in [7, 11) is 0. The summed E-state index contributed by atoms with van der Waals surface area (Å²) < 4.78 is 43.6. The maximum absolute atomic E-state index is 12.4. The van der Waals surface area contributed by atoms with Crippen LogP contribution in [0, 0.1) is 51.2 Å². The van der Waals surface area contributed by atoms with Crippen LogP contribution >= 0.6 is 0 Å². The van der Waals surface area contributed by atoms with Gasteiger partial charge in [-0.1, -0.05) is 48.5 Å². The summed E-state index contributed by atoms with van der Waals surface area (Å²) in [5.74, 6) is 0.468. The van der Waals surface area contributed by atoms with Gasteiger partial charge < -0.3 is 94.4 Å². The first-order valence-electron chi connectivity index (χ1n) is 25.3. The van der Waals surface area contributed by atoms with E-state index in [1.54, 1.807) is 0 Å². The number of ether oxygens (including phenoxy) is 7. The Kier molecular flexibility index (Phi) is 15.1. The van der Waals surface area contributed by atoms with Crippen molar-refractivity contribution in [1.29, 1.82) is 0 Å². The summed E-state index contributed by atoms with van der Waals surface area (Å²) in [5, 5.41) is 127. The van der Waals surface area contributed by atoms with Crippen LogP contribution in [0.4, 0.5) is 0 Å². The summed E-state index contributed by atoms with van der Waals surface area (Å²) >= 11 is 0. The van der Waals surface area contributed by atoms with Crippen LogP contribution in [-0.4, -0.2) is 203 Å². The molecule has 8 aliphatic rings. The van der Waals surface area contributed by atoms with Crippen molar-refractivity contribution in [3.05, 3.63) is 0 Å². The van der Waals surface area contributed by atoms with E-state index in [1.165, 1.54) is 0 Å². The predicted octanol–water partition coefficient (Wildman–Crippen LogP) is -0.568. The van der Waals surface area contributed by atoms with Crippen LogP contribution in [0.5, 0.6) is 0 Å². The molecule has 0 spiro atoms. The van der Waals surface area contributed by atoms with E-state index < -0.39 is 141 Å². The summed E-state index contributed by atoms with van der Waals surface area (Å²) in [5.41, 5.74) is -2.44. The zero-order valence-electron chi connectivity index (χ0n) is 41.1. The minimum Gasteiger partial charge on any atom is -0.394 e. The first kappa shape index (κ1) is 53.5.